The molecule has 46 heavy (non-hydrogen) atoms. The fraction of sp³-hybridized carbons (Fsp3) is 0.0667. The van der Waals surface area contributed by atoms with E-state index in [1.54, 1.807) is 6.08 Å². The molecule has 0 heterocycles. The molecule has 1 N–H and O–H groups in total. The molecule has 0 saturated heterocycles. The Morgan fingerprint density at radius 1 is 0.783 bits per heavy atom. The van der Waals surface area contributed by atoms with Crippen molar-refractivity contribution in [3.05, 3.63) is 205 Å². The van der Waals surface area contributed by atoms with Gasteiger partial charge < -0.3 is 5.32 Å². The van der Waals surface area contributed by atoms with E-state index >= 15 is 0 Å². The van der Waals surface area contributed by atoms with Gasteiger partial charge in [-0.15, -0.1) is 0 Å². The quantitative estimate of drug-likeness (QED) is 0.144. The second-order valence-corrected chi connectivity index (χ2v) is 11.9. The van der Waals surface area contributed by atoms with Gasteiger partial charge in [0, 0.05) is 13.1 Å². The van der Waals surface area contributed by atoms with E-state index in [9.17, 15) is 4.11 Å². The minimum absolute atomic E-state index is 0.106. The molecule has 0 amide bonds. The van der Waals surface area contributed by atoms with Gasteiger partial charge in [-0.05, 0) is 90.7 Å². The van der Waals surface area contributed by atoms with Gasteiger partial charge in [0.25, 0.3) is 0 Å². The lowest BCUT2D eigenvalue weighted by Gasteiger charge is -2.38. The summed E-state index contributed by atoms with van der Waals surface area (Å²) in [6.45, 7) is 8.46. The van der Waals surface area contributed by atoms with Gasteiger partial charge in [0.05, 0.1) is 8.16 Å². The molecular formula is C45H35N. The van der Waals surface area contributed by atoms with E-state index in [1.807, 2.05) is 60.7 Å². The maximum absolute atomic E-state index is 9.88. The lowest BCUT2D eigenvalue weighted by molar-refractivity contribution is 0.676. The molecule has 8 rings (SSSR count). The van der Waals surface area contributed by atoms with Crippen molar-refractivity contribution in [2.45, 2.75) is 17.9 Å². The highest BCUT2D eigenvalue weighted by Crippen LogP contribution is 2.57. The van der Waals surface area contributed by atoms with E-state index in [0.717, 1.165) is 44.7 Å². The van der Waals surface area contributed by atoms with Crippen LogP contribution in [-0.2, 0) is 5.41 Å². The Kier molecular flexibility index (Phi) is 6.09. The van der Waals surface area contributed by atoms with Gasteiger partial charge in [0.1, 0.15) is 0 Å². The van der Waals surface area contributed by atoms with Crippen molar-refractivity contribution in [3.8, 4) is 11.1 Å². The molecule has 6 aromatic rings. The van der Waals surface area contributed by atoms with Crippen molar-refractivity contribution in [2.24, 2.45) is 0 Å². The SMILES string of the molecule is [2H]C1=C([2H])C(Nc2ccc(-c3cc4ccccc4c4ccccc34)cc2)C([2H])C2=C1c1ccccc1C2(C(=C)/C=C\C=C)c1ccccc1. The fourth-order valence-electron chi connectivity index (χ4n) is 7.34. The summed E-state index contributed by atoms with van der Waals surface area (Å²) in [5.41, 5.74) is 7.23. The van der Waals surface area contributed by atoms with E-state index in [1.165, 1.54) is 21.5 Å². The molecule has 0 aromatic heterocycles. The van der Waals surface area contributed by atoms with Crippen LogP contribution in [0.25, 0.3) is 38.2 Å². The first-order valence-corrected chi connectivity index (χ1v) is 15.7. The maximum atomic E-state index is 9.88. The summed E-state index contributed by atoms with van der Waals surface area (Å²) in [7, 11) is 0. The van der Waals surface area contributed by atoms with Crippen LogP contribution in [0.5, 0.6) is 0 Å². The number of benzene rings is 6. The van der Waals surface area contributed by atoms with Gasteiger partial charge in [-0.3, -0.25) is 0 Å². The first-order valence-electron chi connectivity index (χ1n) is 17.3. The molecule has 2 aliphatic rings. The molecule has 1 nitrogen and oxygen atoms in total. The zero-order valence-electron chi connectivity index (χ0n) is 28.5. The minimum Gasteiger partial charge on any atom is -0.379 e. The van der Waals surface area contributed by atoms with E-state index in [0.29, 0.717) is 5.57 Å². The zero-order valence-corrected chi connectivity index (χ0v) is 25.5. The number of fused-ring (bicyclic) bond motifs is 5. The summed E-state index contributed by atoms with van der Waals surface area (Å²) in [5, 5.41) is 8.35. The predicted molar refractivity (Wildman–Crippen MR) is 197 cm³/mol. The topological polar surface area (TPSA) is 12.0 Å². The molecular weight excluding hydrogens is 555 g/mol. The predicted octanol–water partition coefficient (Wildman–Crippen LogP) is 11.5. The molecule has 3 atom stereocenters. The van der Waals surface area contributed by atoms with Crippen LogP contribution in [-0.4, -0.2) is 6.04 Å². The number of allylic oxidation sites excluding steroid dienone is 6. The number of anilines is 1. The van der Waals surface area contributed by atoms with Crippen LogP contribution in [0.2, 0.25) is 0 Å². The third-order valence-electron chi connectivity index (χ3n) is 9.37. The van der Waals surface area contributed by atoms with Crippen molar-refractivity contribution in [3.63, 3.8) is 0 Å². The lowest BCUT2D eigenvalue weighted by atomic mass is 9.65. The molecule has 0 fully saturated rings. The summed E-state index contributed by atoms with van der Waals surface area (Å²) in [6, 6.07) is 45.2. The molecule has 0 aliphatic heterocycles. The number of nitrogens with one attached hydrogen (secondary N) is 1. The highest BCUT2D eigenvalue weighted by atomic mass is 14.9. The van der Waals surface area contributed by atoms with Crippen molar-refractivity contribution in [2.75, 3.05) is 5.32 Å². The third-order valence-corrected chi connectivity index (χ3v) is 9.37. The Morgan fingerprint density at radius 2 is 1.48 bits per heavy atom. The second-order valence-electron chi connectivity index (χ2n) is 11.9. The standard InChI is InChI=1S/C45H35N/c1-3-4-14-31(2)45(34-16-6-5-7-17-34)43-22-13-12-21-40(43)41-28-27-36(30-44(41)45)46-35-25-23-32(24-26-35)42-29-33-15-8-9-18-37(33)38-19-10-11-20-39(38)42/h3-29,36,46H,1-2,30H2/b14-4-/i27D,28D,30D. The van der Waals surface area contributed by atoms with Crippen molar-refractivity contribution in [1.82, 2.24) is 0 Å². The summed E-state index contributed by atoms with van der Waals surface area (Å²) in [4.78, 5) is 0. The molecule has 2 aliphatic carbocycles. The van der Waals surface area contributed by atoms with Gasteiger partial charge >= 0.3 is 0 Å². The minimum atomic E-state index is -0.882. The molecule has 3 unspecified atom stereocenters. The molecule has 220 valence electrons. The summed E-state index contributed by atoms with van der Waals surface area (Å²) < 4.78 is 28.5. The van der Waals surface area contributed by atoms with E-state index in [-0.39, 0.29) is 12.1 Å². The van der Waals surface area contributed by atoms with Crippen LogP contribution in [0.4, 0.5) is 5.69 Å². The lowest BCUT2D eigenvalue weighted by Crippen LogP contribution is -2.33. The summed E-state index contributed by atoms with van der Waals surface area (Å²) >= 11 is 0. The average molecular weight is 593 g/mol. The summed E-state index contributed by atoms with van der Waals surface area (Å²) in [5.74, 6) is 0. The van der Waals surface area contributed by atoms with Crippen molar-refractivity contribution in [1.29, 1.82) is 0 Å². The number of hydrogen-bond acceptors (Lipinski definition) is 1. The van der Waals surface area contributed by atoms with Gasteiger partial charge in [0.15, 0.2) is 0 Å². The molecule has 1 heteroatoms. The van der Waals surface area contributed by atoms with Crippen LogP contribution in [0.3, 0.4) is 0 Å². The number of hydrogen-bond donors (Lipinski definition) is 1. The smallest absolute Gasteiger partial charge is 0.0671 e. The largest absolute Gasteiger partial charge is 0.379 e. The fourth-order valence-corrected chi connectivity index (χ4v) is 7.34. The Morgan fingerprint density at radius 3 is 2.28 bits per heavy atom. The second kappa shape index (κ2) is 11.4. The van der Waals surface area contributed by atoms with E-state index in [2.05, 4.69) is 103 Å². The van der Waals surface area contributed by atoms with Gasteiger partial charge in [-0.1, -0.05) is 159 Å². The monoisotopic (exact) mass is 592 g/mol. The normalized spacial score (nSPS) is 21.5. The van der Waals surface area contributed by atoms with Gasteiger partial charge in [-0.25, -0.2) is 0 Å². The first-order chi connectivity index (χ1) is 23.9. The van der Waals surface area contributed by atoms with E-state index < -0.39 is 17.9 Å². The van der Waals surface area contributed by atoms with Crippen LogP contribution in [0.15, 0.2) is 188 Å². The number of rotatable bonds is 7. The Hall–Kier alpha value is -5.66. The molecule has 0 radical (unpaired) electrons. The average Bonchev–Trinajstić information content (AvgIpc) is 3.47. The molecule has 0 bridgehead atoms. The highest BCUT2D eigenvalue weighted by Gasteiger charge is 2.48. The maximum Gasteiger partial charge on any atom is 0.0671 e. The van der Waals surface area contributed by atoms with E-state index in [4.69, 9.17) is 0 Å². The Balaban J connectivity index is 1.22. The van der Waals surface area contributed by atoms with Crippen molar-refractivity contribution >= 4 is 32.8 Å². The third kappa shape index (κ3) is 4.39. The van der Waals surface area contributed by atoms with Crippen molar-refractivity contribution < 1.29 is 4.11 Å². The molecule has 6 aromatic carbocycles. The molecule has 0 spiro atoms. The molecule has 0 saturated carbocycles. The van der Waals surface area contributed by atoms with Crippen LogP contribution in [0.1, 0.15) is 27.2 Å². The Labute approximate surface area is 275 Å². The van der Waals surface area contributed by atoms with Crippen LogP contribution >= 0.6 is 0 Å². The summed E-state index contributed by atoms with van der Waals surface area (Å²) in [6.07, 6.45) is 4.69. The first kappa shape index (κ1) is 24.6. The Bertz CT molecular complexity index is 2380. The van der Waals surface area contributed by atoms with Gasteiger partial charge in [0.2, 0.25) is 0 Å². The van der Waals surface area contributed by atoms with Crippen LogP contribution in [0, 0.1) is 0 Å². The highest BCUT2D eigenvalue weighted by molar-refractivity contribution is 6.13. The zero-order chi connectivity index (χ0) is 33.7. The van der Waals surface area contributed by atoms with Crippen LogP contribution < -0.4 is 5.32 Å². The van der Waals surface area contributed by atoms with Gasteiger partial charge in [-0.2, -0.15) is 0 Å².